The Bertz CT molecular complexity index is 798. The molecule has 2 rings (SSSR count). The molecular weight excluding hydrogens is 258 g/mol. The molecule has 0 unspecified atom stereocenters. The fourth-order valence-electron chi connectivity index (χ4n) is 1.86. The van der Waals surface area contributed by atoms with Crippen molar-refractivity contribution in [3.05, 3.63) is 56.6 Å². The van der Waals surface area contributed by atoms with Crippen LogP contribution in [0.3, 0.4) is 0 Å². The molecule has 0 aromatic carbocycles. The molecule has 20 heavy (non-hydrogen) atoms. The summed E-state index contributed by atoms with van der Waals surface area (Å²) in [5.74, 6) is 0. The molecule has 0 saturated heterocycles. The zero-order chi connectivity index (χ0) is 14.7. The number of rotatable bonds is 3. The summed E-state index contributed by atoms with van der Waals surface area (Å²) >= 11 is 0. The third kappa shape index (κ3) is 2.44. The minimum Gasteiger partial charge on any atom is -0.393 e. The Morgan fingerprint density at radius 1 is 1.45 bits per heavy atom. The van der Waals surface area contributed by atoms with Crippen molar-refractivity contribution in [1.82, 2.24) is 14.1 Å². The number of hydrogen-bond donors (Lipinski definition) is 1. The first-order chi connectivity index (χ1) is 9.56. The minimum atomic E-state index is -0.532. The van der Waals surface area contributed by atoms with Gasteiger partial charge in [-0.3, -0.25) is 13.9 Å². The number of aromatic nitrogens is 3. The molecule has 0 spiro atoms. The van der Waals surface area contributed by atoms with Crippen molar-refractivity contribution in [2.45, 2.75) is 20.0 Å². The molecule has 0 amide bonds. The smallest absolute Gasteiger partial charge is 0.331 e. The Morgan fingerprint density at radius 2 is 2.20 bits per heavy atom. The van der Waals surface area contributed by atoms with Crippen molar-refractivity contribution >= 4 is 5.69 Å². The standard InChI is InChI=1S/C13H13N5O2/c1-2-17-8-11(15)12(19)18(13(17)20)7-9-3-4-16-10(5-9)6-14/h3-5,8H,2,7,15H2,1H3. The summed E-state index contributed by atoms with van der Waals surface area (Å²) in [5.41, 5.74) is 5.55. The van der Waals surface area contributed by atoms with Gasteiger partial charge in [0, 0.05) is 18.9 Å². The predicted molar refractivity (Wildman–Crippen MR) is 73.1 cm³/mol. The zero-order valence-corrected chi connectivity index (χ0v) is 10.9. The van der Waals surface area contributed by atoms with E-state index in [1.54, 1.807) is 13.0 Å². The van der Waals surface area contributed by atoms with Gasteiger partial charge in [0.2, 0.25) is 0 Å². The van der Waals surface area contributed by atoms with Gasteiger partial charge in [0.15, 0.2) is 0 Å². The van der Waals surface area contributed by atoms with Crippen LogP contribution in [0.5, 0.6) is 0 Å². The molecule has 2 heterocycles. The molecule has 0 aliphatic heterocycles. The summed E-state index contributed by atoms with van der Waals surface area (Å²) in [7, 11) is 0. The first-order valence-electron chi connectivity index (χ1n) is 6.01. The Balaban J connectivity index is 2.54. The van der Waals surface area contributed by atoms with E-state index in [-0.39, 0.29) is 17.9 Å². The quantitative estimate of drug-likeness (QED) is 0.840. The highest BCUT2D eigenvalue weighted by Crippen LogP contribution is 2.02. The lowest BCUT2D eigenvalue weighted by atomic mass is 10.2. The summed E-state index contributed by atoms with van der Waals surface area (Å²) in [5, 5.41) is 8.80. The SMILES string of the molecule is CCn1cc(N)c(=O)n(Cc2ccnc(C#N)c2)c1=O. The first-order valence-corrected chi connectivity index (χ1v) is 6.01. The van der Waals surface area contributed by atoms with Crippen molar-refractivity contribution in [3.63, 3.8) is 0 Å². The van der Waals surface area contributed by atoms with Gasteiger partial charge >= 0.3 is 5.69 Å². The number of nitriles is 1. The number of pyridine rings is 1. The molecule has 2 aromatic rings. The summed E-state index contributed by atoms with van der Waals surface area (Å²) in [6.07, 6.45) is 2.80. The van der Waals surface area contributed by atoms with Gasteiger partial charge in [0.25, 0.3) is 5.56 Å². The van der Waals surface area contributed by atoms with Crippen LogP contribution in [0.15, 0.2) is 34.1 Å². The first kappa shape index (κ1) is 13.5. The van der Waals surface area contributed by atoms with Crippen LogP contribution >= 0.6 is 0 Å². The molecule has 0 aliphatic rings. The van der Waals surface area contributed by atoms with E-state index < -0.39 is 11.2 Å². The van der Waals surface area contributed by atoms with Crippen LogP contribution < -0.4 is 17.0 Å². The lowest BCUT2D eigenvalue weighted by Crippen LogP contribution is -2.40. The number of anilines is 1. The third-order valence-electron chi connectivity index (χ3n) is 2.88. The number of hydrogen-bond acceptors (Lipinski definition) is 5. The maximum Gasteiger partial charge on any atom is 0.331 e. The molecule has 0 saturated carbocycles. The van der Waals surface area contributed by atoms with Gasteiger partial charge in [-0.1, -0.05) is 0 Å². The van der Waals surface area contributed by atoms with Gasteiger partial charge in [-0.15, -0.1) is 0 Å². The van der Waals surface area contributed by atoms with E-state index in [1.807, 2.05) is 6.07 Å². The highest BCUT2D eigenvalue weighted by molar-refractivity contribution is 5.32. The molecule has 0 radical (unpaired) electrons. The molecule has 0 bridgehead atoms. The molecular formula is C13H13N5O2. The lowest BCUT2D eigenvalue weighted by Gasteiger charge is -2.10. The summed E-state index contributed by atoms with van der Waals surface area (Å²) < 4.78 is 2.42. The van der Waals surface area contributed by atoms with E-state index in [1.165, 1.54) is 23.0 Å². The highest BCUT2D eigenvalue weighted by atomic mass is 16.2. The van der Waals surface area contributed by atoms with Crippen LogP contribution in [0.2, 0.25) is 0 Å². The van der Waals surface area contributed by atoms with E-state index in [0.29, 0.717) is 12.1 Å². The predicted octanol–water partition coefficient (Wildman–Crippen LogP) is -0.0729. The topological polar surface area (TPSA) is 107 Å². The van der Waals surface area contributed by atoms with E-state index in [9.17, 15) is 9.59 Å². The largest absolute Gasteiger partial charge is 0.393 e. The highest BCUT2D eigenvalue weighted by Gasteiger charge is 2.09. The van der Waals surface area contributed by atoms with Crippen LogP contribution in [0.1, 0.15) is 18.2 Å². The molecule has 7 heteroatoms. The van der Waals surface area contributed by atoms with Crippen LogP contribution in [-0.2, 0) is 13.1 Å². The van der Waals surface area contributed by atoms with E-state index in [4.69, 9.17) is 11.0 Å². The molecule has 102 valence electrons. The van der Waals surface area contributed by atoms with Gasteiger partial charge in [-0.25, -0.2) is 9.78 Å². The molecule has 0 aliphatic carbocycles. The maximum atomic E-state index is 12.1. The summed E-state index contributed by atoms with van der Waals surface area (Å²) in [4.78, 5) is 27.9. The van der Waals surface area contributed by atoms with Crippen LogP contribution in [0, 0.1) is 11.3 Å². The number of aryl methyl sites for hydroxylation is 1. The average Bonchev–Trinajstić information content (AvgIpc) is 2.47. The van der Waals surface area contributed by atoms with Gasteiger partial charge in [0.1, 0.15) is 17.5 Å². The molecule has 7 nitrogen and oxygen atoms in total. The van der Waals surface area contributed by atoms with Gasteiger partial charge in [0.05, 0.1) is 6.54 Å². The van der Waals surface area contributed by atoms with Crippen molar-refractivity contribution in [1.29, 1.82) is 5.26 Å². The summed E-state index contributed by atoms with van der Waals surface area (Å²) in [6.45, 7) is 2.26. The van der Waals surface area contributed by atoms with E-state index >= 15 is 0 Å². The maximum absolute atomic E-state index is 12.1. The summed E-state index contributed by atoms with van der Waals surface area (Å²) in [6, 6.07) is 5.09. The van der Waals surface area contributed by atoms with Crippen molar-refractivity contribution in [2.75, 3.05) is 5.73 Å². The Morgan fingerprint density at radius 3 is 2.85 bits per heavy atom. The minimum absolute atomic E-state index is 0.0148. The lowest BCUT2D eigenvalue weighted by molar-refractivity contribution is 0.603. The molecule has 0 fully saturated rings. The fourth-order valence-corrected chi connectivity index (χ4v) is 1.86. The van der Waals surface area contributed by atoms with E-state index in [2.05, 4.69) is 4.98 Å². The van der Waals surface area contributed by atoms with Gasteiger partial charge in [-0.05, 0) is 24.6 Å². The second-order valence-electron chi connectivity index (χ2n) is 4.21. The monoisotopic (exact) mass is 271 g/mol. The fraction of sp³-hybridized carbons (Fsp3) is 0.231. The molecule has 2 aromatic heterocycles. The van der Waals surface area contributed by atoms with Crippen molar-refractivity contribution in [3.8, 4) is 6.07 Å². The Kier molecular flexibility index (Phi) is 3.66. The van der Waals surface area contributed by atoms with Gasteiger partial charge < -0.3 is 5.73 Å². The second-order valence-corrected chi connectivity index (χ2v) is 4.21. The number of nitrogens with two attached hydrogens (primary N) is 1. The van der Waals surface area contributed by atoms with Crippen molar-refractivity contribution in [2.24, 2.45) is 0 Å². The normalized spacial score (nSPS) is 10.2. The average molecular weight is 271 g/mol. The Hall–Kier alpha value is -2.88. The number of nitrogen functional groups attached to an aromatic ring is 1. The van der Waals surface area contributed by atoms with Crippen LogP contribution in [0.4, 0.5) is 5.69 Å². The van der Waals surface area contributed by atoms with Gasteiger partial charge in [-0.2, -0.15) is 5.26 Å². The van der Waals surface area contributed by atoms with Crippen LogP contribution in [0.25, 0.3) is 0 Å². The Labute approximate surface area is 114 Å². The molecule has 0 atom stereocenters. The second kappa shape index (κ2) is 5.40. The van der Waals surface area contributed by atoms with E-state index in [0.717, 1.165) is 4.57 Å². The van der Waals surface area contributed by atoms with Crippen molar-refractivity contribution < 1.29 is 0 Å². The third-order valence-corrected chi connectivity index (χ3v) is 2.88. The number of nitrogens with zero attached hydrogens (tertiary/aromatic N) is 4. The zero-order valence-electron chi connectivity index (χ0n) is 10.9. The van der Waals surface area contributed by atoms with Crippen LogP contribution in [-0.4, -0.2) is 14.1 Å². The molecule has 2 N–H and O–H groups in total.